The first-order valence-electron chi connectivity index (χ1n) is 5.77. The van der Waals surface area contributed by atoms with Gasteiger partial charge in [-0.05, 0) is 36.0 Å². The highest BCUT2D eigenvalue weighted by Gasteiger charge is 2.05. The molecule has 0 atom stereocenters. The van der Waals surface area contributed by atoms with Gasteiger partial charge in [-0.1, -0.05) is 0 Å². The lowest BCUT2D eigenvalue weighted by atomic mass is 10.1. The minimum atomic E-state index is 0.123. The fourth-order valence-electron chi connectivity index (χ4n) is 1.66. The predicted molar refractivity (Wildman–Crippen MR) is 79.6 cm³/mol. The van der Waals surface area contributed by atoms with Crippen LogP contribution in [0.1, 0.15) is 11.1 Å². The molecule has 8 heteroatoms. The molecule has 0 saturated carbocycles. The Hall–Kier alpha value is -2.48. The molecule has 0 aliphatic rings. The summed E-state index contributed by atoms with van der Waals surface area (Å²) in [6.07, 6.45) is 4.77. The van der Waals surface area contributed by atoms with Gasteiger partial charge in [-0.15, -0.1) is 0 Å². The van der Waals surface area contributed by atoms with Crippen LogP contribution in [0.4, 0.5) is 0 Å². The molecule has 0 unspecified atom stereocenters. The number of thiocarbonyl (C=S) groups is 1. The fourth-order valence-corrected chi connectivity index (χ4v) is 1.71. The molecule has 1 aromatic carbocycles. The molecular formula is C12H14N6OS. The number of rotatable bonds is 5. The lowest BCUT2D eigenvalue weighted by Crippen LogP contribution is -2.24. The number of methoxy groups -OCH3 is 1. The molecule has 20 heavy (non-hydrogen) atoms. The summed E-state index contributed by atoms with van der Waals surface area (Å²) in [4.78, 5) is 3.91. The SMILES string of the molecule is COc1ccc(C=NNC(N)=S)cc1Cn1cncn1. The average Bonchev–Trinajstić information content (AvgIpc) is 2.91. The van der Waals surface area contributed by atoms with Crippen molar-refractivity contribution < 1.29 is 4.74 Å². The maximum Gasteiger partial charge on any atom is 0.184 e. The largest absolute Gasteiger partial charge is 0.496 e. The molecule has 0 amide bonds. The lowest BCUT2D eigenvalue weighted by Gasteiger charge is -2.09. The van der Waals surface area contributed by atoms with Gasteiger partial charge < -0.3 is 10.5 Å². The van der Waals surface area contributed by atoms with Gasteiger partial charge >= 0.3 is 0 Å². The molecule has 1 heterocycles. The molecule has 0 aliphatic heterocycles. The van der Waals surface area contributed by atoms with E-state index >= 15 is 0 Å². The van der Waals surface area contributed by atoms with E-state index in [0.717, 1.165) is 16.9 Å². The summed E-state index contributed by atoms with van der Waals surface area (Å²) in [6.45, 7) is 0.563. The van der Waals surface area contributed by atoms with Crippen LogP contribution in [0.3, 0.4) is 0 Å². The van der Waals surface area contributed by atoms with Crippen molar-refractivity contribution in [1.29, 1.82) is 0 Å². The monoisotopic (exact) mass is 290 g/mol. The molecule has 2 aromatic rings. The van der Waals surface area contributed by atoms with Crippen LogP contribution in [-0.4, -0.2) is 33.2 Å². The molecule has 7 nitrogen and oxygen atoms in total. The van der Waals surface area contributed by atoms with Crippen LogP contribution in [0.15, 0.2) is 36.0 Å². The Bertz CT molecular complexity index is 610. The van der Waals surface area contributed by atoms with Crippen molar-refractivity contribution in [2.24, 2.45) is 10.8 Å². The van der Waals surface area contributed by atoms with Crippen LogP contribution in [0.2, 0.25) is 0 Å². The molecule has 0 aliphatic carbocycles. The highest BCUT2D eigenvalue weighted by Crippen LogP contribution is 2.20. The van der Waals surface area contributed by atoms with E-state index in [9.17, 15) is 0 Å². The van der Waals surface area contributed by atoms with Gasteiger partial charge in [-0.3, -0.25) is 5.43 Å². The Balaban J connectivity index is 2.20. The first-order chi connectivity index (χ1) is 9.69. The van der Waals surface area contributed by atoms with Crippen LogP contribution in [-0.2, 0) is 6.54 Å². The zero-order valence-corrected chi connectivity index (χ0v) is 11.7. The van der Waals surface area contributed by atoms with Gasteiger partial charge in [0.25, 0.3) is 0 Å². The Labute approximate surface area is 121 Å². The second-order valence-electron chi connectivity index (χ2n) is 3.90. The normalized spacial score (nSPS) is 10.7. The number of hydrogen-bond acceptors (Lipinski definition) is 5. The van der Waals surface area contributed by atoms with E-state index in [4.69, 9.17) is 10.5 Å². The summed E-state index contributed by atoms with van der Waals surface area (Å²) in [5.74, 6) is 0.778. The number of nitrogens with zero attached hydrogens (tertiary/aromatic N) is 4. The molecule has 0 bridgehead atoms. The van der Waals surface area contributed by atoms with E-state index in [1.165, 1.54) is 6.33 Å². The number of aromatic nitrogens is 3. The second-order valence-corrected chi connectivity index (χ2v) is 4.34. The number of hydrogen-bond donors (Lipinski definition) is 2. The maximum atomic E-state index is 5.33. The number of hydrazone groups is 1. The van der Waals surface area contributed by atoms with Crippen molar-refractivity contribution in [1.82, 2.24) is 20.2 Å². The molecule has 0 radical (unpaired) electrons. The molecule has 2 rings (SSSR count). The third kappa shape index (κ3) is 3.75. The minimum Gasteiger partial charge on any atom is -0.496 e. The standard InChI is InChI=1S/C12H14N6OS/c1-19-11-3-2-9(5-15-17-12(13)20)4-10(11)6-18-8-14-7-16-18/h2-5,7-8H,6H2,1H3,(H3,13,17,20). The fraction of sp³-hybridized carbons (Fsp3) is 0.167. The Kier molecular flexibility index (Phi) is 4.61. The van der Waals surface area contributed by atoms with Crippen molar-refractivity contribution in [2.75, 3.05) is 7.11 Å². The van der Waals surface area contributed by atoms with Gasteiger partial charge in [0, 0.05) is 5.56 Å². The number of nitrogens with one attached hydrogen (secondary N) is 1. The zero-order valence-electron chi connectivity index (χ0n) is 10.9. The average molecular weight is 290 g/mol. The van der Waals surface area contributed by atoms with Gasteiger partial charge in [-0.2, -0.15) is 10.2 Å². The van der Waals surface area contributed by atoms with Crippen LogP contribution >= 0.6 is 12.2 Å². The van der Waals surface area contributed by atoms with E-state index in [2.05, 4.69) is 32.8 Å². The van der Waals surface area contributed by atoms with Gasteiger partial charge in [-0.25, -0.2) is 9.67 Å². The zero-order chi connectivity index (χ0) is 14.4. The van der Waals surface area contributed by atoms with Gasteiger partial charge in [0.1, 0.15) is 18.4 Å². The van der Waals surface area contributed by atoms with E-state index in [1.54, 1.807) is 24.3 Å². The van der Waals surface area contributed by atoms with E-state index < -0.39 is 0 Å². The summed E-state index contributed by atoms with van der Waals surface area (Å²) in [5.41, 5.74) is 9.66. The first-order valence-corrected chi connectivity index (χ1v) is 6.17. The van der Waals surface area contributed by atoms with Crippen molar-refractivity contribution in [3.63, 3.8) is 0 Å². The van der Waals surface area contributed by atoms with Crippen LogP contribution in [0, 0.1) is 0 Å². The quantitative estimate of drug-likeness (QED) is 0.473. The van der Waals surface area contributed by atoms with Crippen molar-refractivity contribution >= 4 is 23.5 Å². The lowest BCUT2D eigenvalue weighted by molar-refractivity contribution is 0.407. The van der Waals surface area contributed by atoms with Gasteiger partial charge in [0.2, 0.25) is 0 Å². The van der Waals surface area contributed by atoms with Crippen LogP contribution < -0.4 is 15.9 Å². The highest BCUT2D eigenvalue weighted by molar-refractivity contribution is 7.80. The Morgan fingerprint density at radius 2 is 2.45 bits per heavy atom. The summed E-state index contributed by atoms with van der Waals surface area (Å²) < 4.78 is 7.04. The van der Waals surface area contributed by atoms with Crippen molar-refractivity contribution in [3.05, 3.63) is 42.0 Å². The molecule has 0 fully saturated rings. The van der Waals surface area contributed by atoms with Gasteiger partial charge in [0.05, 0.1) is 19.9 Å². The topological polar surface area (TPSA) is 90.3 Å². The second kappa shape index (κ2) is 6.62. The maximum absolute atomic E-state index is 5.33. The Morgan fingerprint density at radius 1 is 1.60 bits per heavy atom. The third-order valence-corrected chi connectivity index (χ3v) is 2.58. The third-order valence-electron chi connectivity index (χ3n) is 2.49. The predicted octanol–water partition coefficient (Wildman–Crippen LogP) is 0.502. The van der Waals surface area contributed by atoms with E-state index in [0.29, 0.717) is 6.54 Å². The number of nitrogens with two attached hydrogens (primary N) is 1. The summed E-state index contributed by atoms with van der Waals surface area (Å²) in [5, 5.41) is 8.11. The molecule has 1 aromatic heterocycles. The number of benzene rings is 1. The minimum absolute atomic E-state index is 0.123. The van der Waals surface area contributed by atoms with Crippen molar-refractivity contribution in [3.8, 4) is 5.75 Å². The molecule has 104 valence electrons. The molecule has 3 N–H and O–H groups in total. The Morgan fingerprint density at radius 3 is 3.10 bits per heavy atom. The molecular weight excluding hydrogens is 276 g/mol. The first kappa shape index (κ1) is 13.9. The summed E-state index contributed by atoms with van der Waals surface area (Å²) >= 11 is 4.67. The van der Waals surface area contributed by atoms with Crippen molar-refractivity contribution in [2.45, 2.75) is 6.54 Å². The van der Waals surface area contributed by atoms with E-state index in [-0.39, 0.29) is 5.11 Å². The van der Waals surface area contributed by atoms with Crippen LogP contribution in [0.5, 0.6) is 5.75 Å². The van der Waals surface area contributed by atoms with Crippen LogP contribution in [0.25, 0.3) is 0 Å². The van der Waals surface area contributed by atoms with E-state index in [1.807, 2.05) is 18.2 Å². The summed E-state index contributed by atoms with van der Waals surface area (Å²) in [7, 11) is 1.63. The molecule has 0 saturated heterocycles. The smallest absolute Gasteiger partial charge is 0.184 e. The van der Waals surface area contributed by atoms with Gasteiger partial charge in [0.15, 0.2) is 5.11 Å². The number of ether oxygens (including phenoxy) is 1. The molecule has 0 spiro atoms. The summed E-state index contributed by atoms with van der Waals surface area (Å²) in [6, 6.07) is 5.70. The highest BCUT2D eigenvalue weighted by atomic mass is 32.1.